The van der Waals surface area contributed by atoms with Crippen molar-refractivity contribution in [3.05, 3.63) is 30.3 Å². The summed E-state index contributed by atoms with van der Waals surface area (Å²) in [6.45, 7) is 10.0. The van der Waals surface area contributed by atoms with Gasteiger partial charge in [-0.15, -0.1) is 0 Å². The molecule has 8 heteroatoms. The maximum absolute atomic E-state index is 12.4. The van der Waals surface area contributed by atoms with Crippen LogP contribution in [-0.4, -0.2) is 58.6 Å². The Hall–Kier alpha value is -1.61. The number of esters is 2. The molecule has 1 saturated heterocycles. The summed E-state index contributed by atoms with van der Waals surface area (Å²) in [6.07, 6.45) is -4.80. The summed E-state index contributed by atoms with van der Waals surface area (Å²) in [5.74, 6) is -0.999. The van der Waals surface area contributed by atoms with Crippen LogP contribution in [-0.2, 0) is 23.8 Å². The first-order valence-corrected chi connectivity index (χ1v) is 10.8. The van der Waals surface area contributed by atoms with Gasteiger partial charge in [0.05, 0.1) is 10.8 Å². The van der Waals surface area contributed by atoms with Crippen LogP contribution in [0.15, 0.2) is 35.2 Å². The molecule has 1 aromatic rings. The lowest BCUT2D eigenvalue weighted by molar-refractivity contribution is -0.227. The van der Waals surface area contributed by atoms with Gasteiger partial charge in [-0.1, -0.05) is 30.0 Å². The maximum atomic E-state index is 12.4. The third kappa shape index (κ3) is 6.44. The second kappa shape index (κ2) is 9.68. The molecule has 7 nitrogen and oxygen atoms in total. The molecule has 30 heavy (non-hydrogen) atoms. The van der Waals surface area contributed by atoms with E-state index in [0.717, 1.165) is 4.90 Å². The molecule has 0 amide bonds. The Balaban J connectivity index is 2.21. The molecule has 1 heterocycles. The average Bonchev–Trinajstić information content (AvgIpc) is 2.65. The van der Waals surface area contributed by atoms with E-state index in [1.54, 1.807) is 41.5 Å². The predicted octanol–water partition coefficient (Wildman–Crippen LogP) is 2.77. The highest BCUT2D eigenvalue weighted by molar-refractivity contribution is 7.99. The summed E-state index contributed by atoms with van der Waals surface area (Å²) in [6, 6.07) is 9.29. The van der Waals surface area contributed by atoms with Crippen molar-refractivity contribution in [3.63, 3.8) is 0 Å². The quantitative estimate of drug-likeness (QED) is 0.674. The van der Waals surface area contributed by atoms with Gasteiger partial charge in [-0.3, -0.25) is 9.59 Å². The van der Waals surface area contributed by atoms with Crippen LogP contribution in [0.2, 0.25) is 0 Å². The second-order valence-electron chi connectivity index (χ2n) is 9.42. The van der Waals surface area contributed by atoms with Gasteiger partial charge in [-0.2, -0.15) is 0 Å². The number of carbonyl (C=O) groups is 2. The fourth-order valence-electron chi connectivity index (χ4n) is 2.58. The summed E-state index contributed by atoms with van der Waals surface area (Å²) >= 11 is 1.24. The van der Waals surface area contributed by atoms with E-state index in [0.29, 0.717) is 0 Å². The van der Waals surface area contributed by atoms with E-state index >= 15 is 0 Å². The van der Waals surface area contributed by atoms with Gasteiger partial charge in [0.1, 0.15) is 30.4 Å². The number of rotatable bonds is 5. The summed E-state index contributed by atoms with van der Waals surface area (Å²) in [5.41, 5.74) is -2.35. The van der Waals surface area contributed by atoms with E-state index in [1.165, 1.54) is 11.8 Å². The van der Waals surface area contributed by atoms with Crippen molar-refractivity contribution in [2.24, 2.45) is 10.8 Å². The molecule has 1 fully saturated rings. The summed E-state index contributed by atoms with van der Waals surface area (Å²) in [4.78, 5) is 25.4. The van der Waals surface area contributed by atoms with Gasteiger partial charge >= 0.3 is 11.9 Å². The Morgan fingerprint density at radius 2 is 1.53 bits per heavy atom. The lowest BCUT2D eigenvalue weighted by Crippen LogP contribution is -2.59. The van der Waals surface area contributed by atoms with Gasteiger partial charge in [-0.25, -0.2) is 0 Å². The summed E-state index contributed by atoms with van der Waals surface area (Å²) < 4.78 is 16.7. The molecule has 2 rings (SSSR count). The minimum atomic E-state index is -1.35. The molecule has 2 N–H and O–H groups in total. The van der Waals surface area contributed by atoms with Crippen molar-refractivity contribution < 1.29 is 34.0 Å². The molecule has 0 aliphatic carbocycles. The Morgan fingerprint density at radius 1 is 0.967 bits per heavy atom. The summed E-state index contributed by atoms with van der Waals surface area (Å²) in [5, 5.41) is 21.6. The van der Waals surface area contributed by atoms with Crippen molar-refractivity contribution in [3.8, 4) is 0 Å². The van der Waals surface area contributed by atoms with E-state index in [9.17, 15) is 19.8 Å². The molecule has 1 aliphatic rings. The number of hydrogen-bond acceptors (Lipinski definition) is 8. The van der Waals surface area contributed by atoms with Crippen LogP contribution in [0, 0.1) is 10.8 Å². The van der Waals surface area contributed by atoms with Crippen LogP contribution in [0.3, 0.4) is 0 Å². The zero-order valence-corrected chi connectivity index (χ0v) is 19.1. The van der Waals surface area contributed by atoms with Gasteiger partial charge in [0.25, 0.3) is 0 Å². The number of ether oxygens (including phenoxy) is 3. The number of hydrogen-bond donors (Lipinski definition) is 2. The van der Waals surface area contributed by atoms with Gasteiger partial charge in [-0.05, 0) is 53.7 Å². The lowest BCUT2D eigenvalue weighted by atomic mass is 9.95. The standard InChI is InChI=1S/C22H32O7S/c1-21(2,3)19(25)27-12-14-15(23)17(29-20(26)22(4,5)6)16(24)18(28-14)30-13-10-8-7-9-11-13/h7-11,14-18,23-24H,12H2,1-6H3/t14-,15-,16-,17+,18+/m1/s1. The molecule has 0 spiro atoms. The molecule has 0 unspecified atom stereocenters. The van der Waals surface area contributed by atoms with Crippen LogP contribution in [0.4, 0.5) is 0 Å². The van der Waals surface area contributed by atoms with Crippen molar-refractivity contribution >= 4 is 23.7 Å². The highest BCUT2D eigenvalue weighted by Gasteiger charge is 2.48. The molecular formula is C22H32O7S. The van der Waals surface area contributed by atoms with Crippen molar-refractivity contribution in [2.75, 3.05) is 6.61 Å². The largest absolute Gasteiger partial charge is 0.462 e. The first-order chi connectivity index (χ1) is 13.8. The molecule has 0 bridgehead atoms. The second-order valence-corrected chi connectivity index (χ2v) is 10.6. The number of thioether (sulfide) groups is 1. The average molecular weight is 441 g/mol. The SMILES string of the molecule is CC(C)(C)C(=O)OC[C@H]1O[C@@H](Sc2ccccc2)[C@H](O)[C@@H](OC(=O)C(C)(C)C)[C@@H]1O. The van der Waals surface area contributed by atoms with Crippen LogP contribution in [0.1, 0.15) is 41.5 Å². The monoisotopic (exact) mass is 440 g/mol. The van der Waals surface area contributed by atoms with Gasteiger partial charge < -0.3 is 24.4 Å². The van der Waals surface area contributed by atoms with E-state index in [-0.39, 0.29) is 6.61 Å². The fourth-order valence-corrected chi connectivity index (χ4v) is 3.66. The Kier molecular flexibility index (Phi) is 7.96. The smallest absolute Gasteiger partial charge is 0.311 e. The number of aliphatic hydroxyl groups excluding tert-OH is 2. The minimum Gasteiger partial charge on any atom is -0.462 e. The van der Waals surface area contributed by atoms with E-state index in [2.05, 4.69) is 0 Å². The molecule has 0 aromatic heterocycles. The first kappa shape index (κ1) is 24.7. The van der Waals surface area contributed by atoms with E-state index in [1.807, 2.05) is 30.3 Å². The third-order valence-corrected chi connectivity index (χ3v) is 5.65. The molecule has 1 aromatic carbocycles. The number of aliphatic hydroxyl groups is 2. The lowest BCUT2D eigenvalue weighted by Gasteiger charge is -2.42. The van der Waals surface area contributed by atoms with Gasteiger partial charge in [0.15, 0.2) is 6.10 Å². The van der Waals surface area contributed by atoms with Crippen molar-refractivity contribution in [2.45, 2.75) is 76.3 Å². The van der Waals surface area contributed by atoms with Gasteiger partial charge in [0, 0.05) is 4.90 Å². The van der Waals surface area contributed by atoms with E-state index in [4.69, 9.17) is 14.2 Å². The predicted molar refractivity (Wildman–Crippen MR) is 113 cm³/mol. The first-order valence-electron chi connectivity index (χ1n) is 9.92. The molecule has 0 saturated carbocycles. The van der Waals surface area contributed by atoms with Crippen molar-refractivity contribution in [1.29, 1.82) is 0 Å². The third-order valence-electron chi connectivity index (χ3n) is 4.48. The zero-order chi connectivity index (χ0) is 22.7. The maximum Gasteiger partial charge on any atom is 0.311 e. The van der Waals surface area contributed by atoms with Crippen LogP contribution in [0.5, 0.6) is 0 Å². The molecular weight excluding hydrogens is 408 g/mol. The van der Waals surface area contributed by atoms with Crippen LogP contribution in [0.25, 0.3) is 0 Å². The van der Waals surface area contributed by atoms with Crippen molar-refractivity contribution in [1.82, 2.24) is 0 Å². The number of benzene rings is 1. The normalized spacial score (nSPS) is 27.4. The topological polar surface area (TPSA) is 102 Å². The highest BCUT2D eigenvalue weighted by Crippen LogP contribution is 2.35. The summed E-state index contributed by atoms with van der Waals surface area (Å²) in [7, 11) is 0. The van der Waals surface area contributed by atoms with E-state index < -0.39 is 52.6 Å². The van der Waals surface area contributed by atoms with Crippen LogP contribution < -0.4 is 0 Å². The highest BCUT2D eigenvalue weighted by atomic mass is 32.2. The fraction of sp³-hybridized carbons (Fsp3) is 0.636. The Labute approximate surface area is 182 Å². The molecule has 5 atom stereocenters. The van der Waals surface area contributed by atoms with Crippen LogP contribution >= 0.6 is 11.8 Å². The molecule has 168 valence electrons. The molecule has 1 aliphatic heterocycles. The van der Waals surface area contributed by atoms with Gasteiger partial charge in [0.2, 0.25) is 0 Å². The zero-order valence-electron chi connectivity index (χ0n) is 18.3. The minimum absolute atomic E-state index is 0.223. The number of carbonyl (C=O) groups excluding carboxylic acids is 2. The Bertz CT molecular complexity index is 723. The molecule has 0 radical (unpaired) electrons. The Morgan fingerprint density at radius 3 is 2.07 bits per heavy atom.